The highest BCUT2D eigenvalue weighted by atomic mass is 32.3. The molecule has 1 N–H and O–H groups in total. The van der Waals surface area contributed by atoms with Crippen molar-refractivity contribution >= 4 is 10.4 Å². The van der Waals surface area contributed by atoms with Crippen LogP contribution in [0.2, 0.25) is 0 Å². The van der Waals surface area contributed by atoms with E-state index in [0.717, 1.165) is 12.8 Å². The molecule has 8 heteroatoms. The second kappa shape index (κ2) is 8.70. The molecule has 0 aliphatic heterocycles. The third-order valence-electron chi connectivity index (χ3n) is 2.53. The number of hydrogen-bond donors (Lipinski definition) is 1. The average molecular weight is 304 g/mol. The van der Waals surface area contributed by atoms with Crippen molar-refractivity contribution in [1.29, 1.82) is 0 Å². The van der Waals surface area contributed by atoms with Gasteiger partial charge in [-0.2, -0.15) is 13.4 Å². The first kappa shape index (κ1) is 16.6. The monoisotopic (exact) mass is 304 g/mol. The number of unbranched alkanes of at least 4 members (excludes halogenated alkanes) is 5. The Morgan fingerprint density at radius 3 is 2.60 bits per heavy atom. The molecule has 0 fully saturated rings. The van der Waals surface area contributed by atoms with Crippen molar-refractivity contribution in [2.24, 2.45) is 0 Å². The van der Waals surface area contributed by atoms with Gasteiger partial charge in [0.1, 0.15) is 0 Å². The van der Waals surface area contributed by atoms with Crippen LogP contribution in [0.4, 0.5) is 0 Å². The van der Waals surface area contributed by atoms with Gasteiger partial charge in [0, 0.05) is 12.3 Å². The minimum Gasteiger partial charge on any atom is -0.463 e. The van der Waals surface area contributed by atoms with Crippen LogP contribution in [-0.2, 0) is 10.4 Å². The van der Waals surface area contributed by atoms with Gasteiger partial charge in [0.2, 0.25) is 5.88 Å². The number of rotatable bonds is 10. The normalized spacial score (nSPS) is 11.3. The summed E-state index contributed by atoms with van der Waals surface area (Å²) in [5, 5.41) is 0. The van der Waals surface area contributed by atoms with Crippen molar-refractivity contribution in [2.75, 3.05) is 6.61 Å². The molecule has 114 valence electrons. The highest BCUT2D eigenvalue weighted by molar-refractivity contribution is 7.81. The summed E-state index contributed by atoms with van der Waals surface area (Å²) in [6.45, 7) is 2.63. The van der Waals surface area contributed by atoms with Crippen molar-refractivity contribution in [1.82, 2.24) is 9.97 Å². The lowest BCUT2D eigenvalue weighted by Crippen LogP contribution is -2.09. The summed E-state index contributed by atoms with van der Waals surface area (Å²) >= 11 is 0. The maximum absolute atomic E-state index is 10.5. The highest BCUT2D eigenvalue weighted by Gasteiger charge is 2.09. The summed E-state index contributed by atoms with van der Waals surface area (Å²) in [7, 11) is -4.58. The van der Waals surface area contributed by atoms with Crippen LogP contribution >= 0.6 is 0 Å². The summed E-state index contributed by atoms with van der Waals surface area (Å²) in [5.41, 5.74) is 0. The fourth-order valence-electron chi connectivity index (χ4n) is 1.59. The van der Waals surface area contributed by atoms with Gasteiger partial charge in [0.25, 0.3) is 0 Å². The molecule has 1 aromatic heterocycles. The predicted molar refractivity (Wildman–Crippen MR) is 73.1 cm³/mol. The molecular weight excluding hydrogens is 284 g/mol. The molecule has 0 aromatic carbocycles. The smallest absolute Gasteiger partial charge is 0.447 e. The Balaban J connectivity index is 2.28. The fourth-order valence-corrected chi connectivity index (χ4v) is 1.90. The first-order valence-corrected chi connectivity index (χ1v) is 8.00. The maximum atomic E-state index is 10.5. The zero-order chi connectivity index (χ0) is 14.8. The van der Waals surface area contributed by atoms with Gasteiger partial charge in [-0.05, 0) is 6.42 Å². The number of nitrogens with zero attached hydrogens (tertiary/aromatic N) is 2. The second-order valence-corrected chi connectivity index (χ2v) is 5.33. The molecule has 1 rings (SSSR count). The second-order valence-electron chi connectivity index (χ2n) is 4.30. The lowest BCUT2D eigenvalue weighted by atomic mass is 10.1. The Labute approximate surface area is 119 Å². The van der Waals surface area contributed by atoms with Gasteiger partial charge >= 0.3 is 16.4 Å². The lowest BCUT2D eigenvalue weighted by Gasteiger charge is -2.05. The number of hydrogen-bond acceptors (Lipinski definition) is 6. The summed E-state index contributed by atoms with van der Waals surface area (Å²) in [6.07, 6.45) is 8.11. The van der Waals surface area contributed by atoms with E-state index in [1.165, 1.54) is 37.9 Å². The molecule has 7 nitrogen and oxygen atoms in total. The van der Waals surface area contributed by atoms with Crippen LogP contribution in [0.1, 0.15) is 45.4 Å². The van der Waals surface area contributed by atoms with Crippen molar-refractivity contribution in [2.45, 2.75) is 45.4 Å². The van der Waals surface area contributed by atoms with E-state index in [1.807, 2.05) is 0 Å². The van der Waals surface area contributed by atoms with Crippen molar-refractivity contribution in [3.05, 3.63) is 12.3 Å². The molecule has 1 aromatic rings. The van der Waals surface area contributed by atoms with E-state index < -0.39 is 10.4 Å². The van der Waals surface area contributed by atoms with Gasteiger partial charge in [-0.15, -0.1) is 0 Å². The summed E-state index contributed by atoms with van der Waals surface area (Å²) in [4.78, 5) is 7.54. The SMILES string of the molecule is CCCCCCCCOc1nccc(OS(=O)(=O)O)n1. The third-order valence-corrected chi connectivity index (χ3v) is 2.91. The van der Waals surface area contributed by atoms with E-state index in [-0.39, 0.29) is 11.9 Å². The minimum atomic E-state index is -4.58. The third kappa shape index (κ3) is 7.90. The standard InChI is InChI=1S/C12H20N2O5S/c1-2-3-4-5-6-7-10-18-12-13-9-8-11(14-12)19-20(15,16)17/h8-9H,2-7,10H2,1H3,(H,15,16,17). The maximum Gasteiger partial charge on any atom is 0.447 e. The van der Waals surface area contributed by atoms with Gasteiger partial charge < -0.3 is 8.92 Å². The molecule has 0 amide bonds. The number of ether oxygens (including phenoxy) is 1. The van der Waals surface area contributed by atoms with Crippen LogP contribution in [-0.4, -0.2) is 29.5 Å². The van der Waals surface area contributed by atoms with E-state index in [2.05, 4.69) is 21.1 Å². The molecule has 20 heavy (non-hydrogen) atoms. The van der Waals surface area contributed by atoms with E-state index in [0.29, 0.717) is 6.61 Å². The zero-order valence-corrected chi connectivity index (χ0v) is 12.3. The Bertz CT molecular complexity index is 492. The molecule has 0 atom stereocenters. The van der Waals surface area contributed by atoms with Crippen molar-refractivity contribution < 1.29 is 21.9 Å². The van der Waals surface area contributed by atoms with Gasteiger partial charge in [0.05, 0.1) is 6.61 Å². The van der Waals surface area contributed by atoms with Crippen LogP contribution < -0.4 is 8.92 Å². The Morgan fingerprint density at radius 2 is 1.90 bits per heavy atom. The zero-order valence-electron chi connectivity index (χ0n) is 11.5. The van der Waals surface area contributed by atoms with Crippen LogP contribution in [0.5, 0.6) is 11.9 Å². The van der Waals surface area contributed by atoms with E-state index in [4.69, 9.17) is 9.29 Å². The Kier molecular flexibility index (Phi) is 7.24. The molecule has 1 heterocycles. The lowest BCUT2D eigenvalue weighted by molar-refractivity contribution is 0.277. The molecule has 0 unspecified atom stereocenters. The Morgan fingerprint density at radius 1 is 1.20 bits per heavy atom. The largest absolute Gasteiger partial charge is 0.463 e. The average Bonchev–Trinajstić information content (AvgIpc) is 2.36. The number of aromatic nitrogens is 2. The van der Waals surface area contributed by atoms with Gasteiger partial charge in [0.15, 0.2) is 0 Å². The van der Waals surface area contributed by atoms with Crippen LogP contribution in [0.25, 0.3) is 0 Å². The molecule has 0 bridgehead atoms. The van der Waals surface area contributed by atoms with Crippen molar-refractivity contribution in [3.8, 4) is 11.9 Å². The fraction of sp³-hybridized carbons (Fsp3) is 0.667. The predicted octanol–water partition coefficient (Wildman–Crippen LogP) is 2.40. The van der Waals surface area contributed by atoms with E-state index >= 15 is 0 Å². The molecule has 0 aliphatic carbocycles. The van der Waals surface area contributed by atoms with E-state index in [1.54, 1.807) is 0 Å². The topological polar surface area (TPSA) is 98.6 Å². The molecule has 0 spiro atoms. The molecule has 0 saturated heterocycles. The molecule has 0 saturated carbocycles. The molecule has 0 radical (unpaired) electrons. The van der Waals surface area contributed by atoms with Gasteiger partial charge in [-0.1, -0.05) is 39.0 Å². The van der Waals surface area contributed by atoms with E-state index in [9.17, 15) is 8.42 Å². The molecule has 0 aliphatic rings. The molecular formula is C12H20N2O5S. The Hall–Kier alpha value is -1.41. The first-order chi connectivity index (χ1) is 9.51. The van der Waals surface area contributed by atoms with Crippen LogP contribution in [0.3, 0.4) is 0 Å². The van der Waals surface area contributed by atoms with Crippen molar-refractivity contribution in [3.63, 3.8) is 0 Å². The van der Waals surface area contributed by atoms with Crippen LogP contribution in [0.15, 0.2) is 12.3 Å². The summed E-state index contributed by atoms with van der Waals surface area (Å²) < 4.78 is 39.1. The quantitative estimate of drug-likeness (QED) is 0.523. The highest BCUT2D eigenvalue weighted by Crippen LogP contribution is 2.12. The van der Waals surface area contributed by atoms with Gasteiger partial charge in [-0.3, -0.25) is 4.55 Å². The first-order valence-electron chi connectivity index (χ1n) is 6.64. The van der Waals surface area contributed by atoms with Gasteiger partial charge in [-0.25, -0.2) is 4.98 Å². The van der Waals surface area contributed by atoms with Crippen LogP contribution in [0, 0.1) is 0 Å². The minimum absolute atomic E-state index is 0.0275. The summed E-state index contributed by atoms with van der Waals surface area (Å²) in [5.74, 6) is -0.277. The summed E-state index contributed by atoms with van der Waals surface area (Å²) in [6, 6.07) is 1.24.